The van der Waals surface area contributed by atoms with Crippen LogP contribution in [0.4, 0.5) is 5.69 Å². The van der Waals surface area contributed by atoms with E-state index in [0.29, 0.717) is 39.9 Å². The molecule has 0 radical (unpaired) electrons. The Balaban J connectivity index is 0.990. The molecule has 0 bridgehead atoms. The van der Waals surface area contributed by atoms with Crippen LogP contribution >= 0.6 is 0 Å². The van der Waals surface area contributed by atoms with Gasteiger partial charge in [0.15, 0.2) is 23.2 Å². The van der Waals surface area contributed by atoms with Crippen LogP contribution in [0.2, 0.25) is 0 Å². The summed E-state index contributed by atoms with van der Waals surface area (Å²) in [6.07, 6.45) is 0. The Labute approximate surface area is 531 Å². The minimum atomic E-state index is 0.378. The largest absolute Gasteiger partial charge is 0.308 e. The van der Waals surface area contributed by atoms with Gasteiger partial charge in [-0.3, -0.25) is 0 Å². The number of nitriles is 2. The van der Waals surface area contributed by atoms with E-state index in [1.807, 2.05) is 91.0 Å². The standard InChI is InChI=1S/C84H50N8/c1-87-69-30-16-28-61(45-69)67-32-38-71(81(51-67)92-78-41-35-64(58-23-10-4-11-24-58)48-74(78)75-49-65(36-42-79(75)92)59-25-12-5-13-26-59)84-89-82(68-29-15-18-55(44-68)53-86)88-83(90-84)70-37-31-66(60-27-14-17-54(43-60)52-85)50-80(70)91-76-39-33-62(56-19-6-2-7-20-56)46-72(76)73-47-63(34-40-77(73)91)57-21-8-3-9-22-57/h2-51H. The van der Waals surface area contributed by atoms with Crippen LogP contribution in [0.3, 0.4) is 0 Å². The van der Waals surface area contributed by atoms with E-state index in [-0.39, 0.29) is 0 Å². The van der Waals surface area contributed by atoms with Crippen LogP contribution in [0.5, 0.6) is 0 Å². The van der Waals surface area contributed by atoms with Crippen molar-refractivity contribution in [3.8, 4) is 124 Å². The van der Waals surface area contributed by atoms with Crippen LogP contribution < -0.4 is 0 Å². The van der Waals surface area contributed by atoms with Crippen LogP contribution in [0.1, 0.15) is 11.1 Å². The second-order valence-electron chi connectivity index (χ2n) is 22.9. The molecule has 0 saturated heterocycles. The van der Waals surface area contributed by atoms with Gasteiger partial charge < -0.3 is 9.13 Å². The maximum atomic E-state index is 10.4. The van der Waals surface area contributed by atoms with E-state index < -0.39 is 0 Å². The summed E-state index contributed by atoms with van der Waals surface area (Å²) in [6.45, 7) is 8.01. The minimum absolute atomic E-state index is 0.378. The van der Waals surface area contributed by atoms with Gasteiger partial charge in [-0.25, -0.2) is 19.8 Å². The fourth-order valence-corrected chi connectivity index (χ4v) is 13.0. The van der Waals surface area contributed by atoms with Crippen LogP contribution in [-0.4, -0.2) is 24.1 Å². The van der Waals surface area contributed by atoms with E-state index in [2.05, 4.69) is 232 Å². The molecule has 16 aromatic rings. The average molecular weight is 1170 g/mol. The summed E-state index contributed by atoms with van der Waals surface area (Å²) in [5.41, 5.74) is 21.5. The van der Waals surface area contributed by atoms with Gasteiger partial charge in [-0.1, -0.05) is 200 Å². The molecule has 0 aliphatic carbocycles. The fourth-order valence-electron chi connectivity index (χ4n) is 13.0. The second kappa shape index (κ2) is 22.9. The van der Waals surface area contributed by atoms with Crippen LogP contribution in [0.15, 0.2) is 303 Å². The van der Waals surface area contributed by atoms with Crippen molar-refractivity contribution in [1.82, 2.24) is 24.1 Å². The smallest absolute Gasteiger partial charge is 0.187 e. The summed E-state index contributed by atoms with van der Waals surface area (Å²) < 4.78 is 4.65. The molecule has 0 spiro atoms. The zero-order chi connectivity index (χ0) is 61.7. The summed E-state index contributed by atoms with van der Waals surface area (Å²) in [4.78, 5) is 20.5. The van der Waals surface area contributed by atoms with Gasteiger partial charge in [-0.2, -0.15) is 10.5 Å². The van der Waals surface area contributed by atoms with E-state index in [1.54, 1.807) is 6.07 Å². The van der Waals surface area contributed by atoms with Gasteiger partial charge in [-0.15, -0.1) is 0 Å². The van der Waals surface area contributed by atoms with E-state index in [1.165, 1.54) is 0 Å². The third-order valence-electron chi connectivity index (χ3n) is 17.4. The number of hydrogen-bond acceptors (Lipinski definition) is 5. The highest BCUT2D eigenvalue weighted by molar-refractivity contribution is 6.14. The highest BCUT2D eigenvalue weighted by atomic mass is 15.1. The number of nitrogens with zero attached hydrogens (tertiary/aromatic N) is 8. The number of benzene rings is 13. The first-order valence-corrected chi connectivity index (χ1v) is 30.4. The van der Waals surface area contributed by atoms with Gasteiger partial charge in [0, 0.05) is 38.2 Å². The van der Waals surface area contributed by atoms with Gasteiger partial charge >= 0.3 is 0 Å². The molecular weight excluding hydrogens is 1120 g/mol. The number of aromatic nitrogens is 5. The van der Waals surface area contributed by atoms with Crippen molar-refractivity contribution in [1.29, 1.82) is 10.5 Å². The molecule has 0 atom stereocenters. The predicted octanol–water partition coefficient (Wildman–Crippen LogP) is 21.4. The molecule has 0 amide bonds. The van der Waals surface area contributed by atoms with E-state index >= 15 is 0 Å². The van der Waals surface area contributed by atoms with E-state index in [0.717, 1.165) is 133 Å². The third-order valence-corrected chi connectivity index (χ3v) is 17.4. The highest BCUT2D eigenvalue weighted by Crippen LogP contribution is 2.44. The average Bonchev–Trinajstić information content (AvgIpc) is 1.57. The molecule has 13 aromatic carbocycles. The van der Waals surface area contributed by atoms with Crippen molar-refractivity contribution in [3.63, 3.8) is 0 Å². The number of fused-ring (bicyclic) bond motifs is 6. The Hall–Kier alpha value is -13.1. The number of rotatable bonds is 11. The lowest BCUT2D eigenvalue weighted by atomic mass is 9.99. The Morgan fingerprint density at radius 3 is 0.957 bits per heavy atom. The first kappa shape index (κ1) is 54.3. The molecule has 3 heterocycles. The molecule has 0 N–H and O–H groups in total. The Morgan fingerprint density at radius 2 is 0.576 bits per heavy atom. The Morgan fingerprint density at radius 1 is 0.272 bits per heavy atom. The summed E-state index contributed by atoms with van der Waals surface area (Å²) in [7, 11) is 0. The van der Waals surface area contributed by atoms with Crippen molar-refractivity contribution in [2.24, 2.45) is 0 Å². The lowest BCUT2D eigenvalue weighted by molar-refractivity contribution is 1.06. The van der Waals surface area contributed by atoms with Gasteiger partial charge in [0.25, 0.3) is 0 Å². The summed E-state index contributed by atoms with van der Waals surface area (Å²) >= 11 is 0. The minimum Gasteiger partial charge on any atom is -0.308 e. The van der Waals surface area contributed by atoms with E-state index in [9.17, 15) is 10.5 Å². The zero-order valence-electron chi connectivity index (χ0n) is 49.4. The van der Waals surface area contributed by atoms with Gasteiger partial charge in [-0.05, 0) is 170 Å². The number of hydrogen-bond donors (Lipinski definition) is 0. The SMILES string of the molecule is [C-]#[N+]c1cccc(-c2ccc(-c3nc(-c4cccc(C#N)c4)nc(-c4ccc(-c5cccc(C#N)c5)cc4-n4c5ccc(-c6ccccc6)cc5c5cc(-c6ccccc6)ccc54)n3)c(-n3c4ccc(-c5ccccc5)cc4c4cc(-c5ccccc5)ccc43)c2)c1. The molecule has 0 fully saturated rings. The molecule has 0 aliphatic rings. The monoisotopic (exact) mass is 1170 g/mol. The molecule has 3 aromatic heterocycles. The molecule has 16 rings (SSSR count). The van der Waals surface area contributed by atoms with Crippen molar-refractivity contribution < 1.29 is 0 Å². The first-order valence-electron chi connectivity index (χ1n) is 30.4. The van der Waals surface area contributed by atoms with Crippen molar-refractivity contribution in [2.45, 2.75) is 0 Å². The third kappa shape index (κ3) is 9.79. The lowest BCUT2D eigenvalue weighted by Gasteiger charge is -2.18. The summed E-state index contributed by atoms with van der Waals surface area (Å²) in [6, 6.07) is 109. The quantitative estimate of drug-likeness (QED) is 0.120. The van der Waals surface area contributed by atoms with Gasteiger partial charge in [0.05, 0.1) is 63.3 Å². The Kier molecular flexibility index (Phi) is 13.5. The van der Waals surface area contributed by atoms with Gasteiger partial charge in [0.2, 0.25) is 0 Å². The molecule has 426 valence electrons. The van der Waals surface area contributed by atoms with Crippen LogP contribution in [0.25, 0.3) is 161 Å². The predicted molar refractivity (Wildman–Crippen MR) is 373 cm³/mol. The molecule has 0 saturated carbocycles. The van der Waals surface area contributed by atoms with Crippen LogP contribution in [-0.2, 0) is 0 Å². The maximum Gasteiger partial charge on any atom is 0.187 e. The lowest BCUT2D eigenvalue weighted by Crippen LogP contribution is -2.06. The topological polar surface area (TPSA) is 100 Å². The second-order valence-corrected chi connectivity index (χ2v) is 22.9. The first-order chi connectivity index (χ1) is 45.4. The highest BCUT2D eigenvalue weighted by Gasteiger charge is 2.25. The fraction of sp³-hybridized carbons (Fsp3) is 0. The van der Waals surface area contributed by atoms with Gasteiger partial charge in [0.1, 0.15) is 0 Å². The normalized spacial score (nSPS) is 11.2. The summed E-state index contributed by atoms with van der Waals surface area (Å²) in [5, 5.41) is 24.9. The Bertz CT molecular complexity index is 5210. The maximum absolute atomic E-state index is 10.4. The summed E-state index contributed by atoms with van der Waals surface area (Å²) in [5.74, 6) is 1.18. The van der Waals surface area contributed by atoms with Crippen LogP contribution in [0, 0.1) is 29.2 Å². The van der Waals surface area contributed by atoms with Crippen molar-refractivity contribution in [3.05, 3.63) is 326 Å². The van der Waals surface area contributed by atoms with Crippen molar-refractivity contribution >= 4 is 49.3 Å². The van der Waals surface area contributed by atoms with Crippen molar-refractivity contribution in [2.75, 3.05) is 0 Å². The molecule has 8 heteroatoms. The zero-order valence-corrected chi connectivity index (χ0v) is 49.4. The molecule has 8 nitrogen and oxygen atoms in total. The van der Waals surface area contributed by atoms with E-state index in [4.69, 9.17) is 21.5 Å². The molecule has 0 aliphatic heterocycles. The molecule has 92 heavy (non-hydrogen) atoms. The molecular formula is C84H50N8. The molecule has 0 unspecified atom stereocenters.